The minimum Gasteiger partial charge on any atom is -0.503 e. The van der Waals surface area contributed by atoms with Gasteiger partial charge in [0.25, 0.3) is 0 Å². The van der Waals surface area contributed by atoms with E-state index in [0.717, 1.165) is 12.1 Å². The summed E-state index contributed by atoms with van der Waals surface area (Å²) >= 11 is 3.36. The summed E-state index contributed by atoms with van der Waals surface area (Å²) in [6, 6.07) is 4.38. The molecule has 1 atom stereocenters. The van der Waals surface area contributed by atoms with E-state index in [-0.39, 0.29) is 5.75 Å². The molecule has 0 amide bonds. The Morgan fingerprint density at radius 2 is 2.21 bits per heavy atom. The second kappa shape index (κ2) is 5.71. The molecule has 0 spiro atoms. The molecule has 106 valence electrons. The van der Waals surface area contributed by atoms with Crippen LogP contribution in [0.5, 0.6) is 11.5 Å². The summed E-state index contributed by atoms with van der Waals surface area (Å²) in [5, 5.41) is 13.4. The lowest BCUT2D eigenvalue weighted by atomic mass is 9.87. The molecule has 2 N–H and O–H groups in total. The summed E-state index contributed by atoms with van der Waals surface area (Å²) < 4.78 is 5.85. The van der Waals surface area contributed by atoms with Crippen molar-refractivity contribution in [2.45, 2.75) is 45.7 Å². The first-order valence-electron chi connectivity index (χ1n) is 6.73. The van der Waals surface area contributed by atoms with Gasteiger partial charge in [0.15, 0.2) is 11.5 Å². The molecule has 1 aliphatic rings. The zero-order chi connectivity index (χ0) is 14.0. The van der Waals surface area contributed by atoms with Crippen LogP contribution in [-0.4, -0.2) is 18.3 Å². The number of nitrogens with one attached hydrogen (secondary N) is 1. The van der Waals surface area contributed by atoms with Gasteiger partial charge in [-0.3, -0.25) is 0 Å². The van der Waals surface area contributed by atoms with Gasteiger partial charge >= 0.3 is 0 Å². The Morgan fingerprint density at radius 3 is 2.79 bits per heavy atom. The van der Waals surface area contributed by atoms with Crippen LogP contribution in [0.2, 0.25) is 0 Å². The highest BCUT2D eigenvalue weighted by Crippen LogP contribution is 2.38. The van der Waals surface area contributed by atoms with Crippen LogP contribution >= 0.6 is 15.9 Å². The van der Waals surface area contributed by atoms with Crippen molar-refractivity contribution in [3.8, 4) is 11.5 Å². The van der Waals surface area contributed by atoms with Crippen LogP contribution in [0.1, 0.15) is 38.7 Å². The highest BCUT2D eigenvalue weighted by molar-refractivity contribution is 9.10. The van der Waals surface area contributed by atoms with Crippen molar-refractivity contribution in [2.75, 3.05) is 7.11 Å². The molecule has 0 bridgehead atoms. The number of ether oxygens (including phenoxy) is 1. The van der Waals surface area contributed by atoms with Crippen LogP contribution in [0.25, 0.3) is 0 Å². The molecule has 4 heteroatoms. The maximum absolute atomic E-state index is 9.79. The number of aromatic hydroxyl groups is 1. The van der Waals surface area contributed by atoms with E-state index in [0.29, 0.717) is 21.7 Å². The Morgan fingerprint density at radius 1 is 1.47 bits per heavy atom. The number of phenolic OH excluding ortho intramolecular Hbond substituents is 1. The molecule has 1 aliphatic carbocycles. The third kappa shape index (κ3) is 3.23. The molecule has 0 saturated heterocycles. The van der Waals surface area contributed by atoms with Gasteiger partial charge in [-0.25, -0.2) is 0 Å². The van der Waals surface area contributed by atoms with Gasteiger partial charge in [0.2, 0.25) is 0 Å². The van der Waals surface area contributed by atoms with E-state index in [4.69, 9.17) is 4.74 Å². The molecule has 0 aromatic heterocycles. The second-order valence-corrected chi connectivity index (χ2v) is 6.80. The molecule has 2 rings (SSSR count). The van der Waals surface area contributed by atoms with Gasteiger partial charge < -0.3 is 15.2 Å². The van der Waals surface area contributed by atoms with Gasteiger partial charge in [-0.1, -0.05) is 20.3 Å². The molecular weight excluding hydrogens is 306 g/mol. The van der Waals surface area contributed by atoms with Gasteiger partial charge in [0, 0.05) is 12.6 Å². The maximum atomic E-state index is 9.79. The third-order valence-electron chi connectivity index (χ3n) is 4.12. The number of benzene rings is 1. The average Bonchev–Trinajstić information content (AvgIpc) is 2.69. The second-order valence-electron chi connectivity index (χ2n) is 5.94. The Hall–Kier alpha value is -0.740. The van der Waals surface area contributed by atoms with Crippen molar-refractivity contribution in [3.05, 3.63) is 22.2 Å². The van der Waals surface area contributed by atoms with Crippen molar-refractivity contribution >= 4 is 15.9 Å². The van der Waals surface area contributed by atoms with E-state index in [1.807, 2.05) is 12.1 Å². The van der Waals surface area contributed by atoms with Crippen molar-refractivity contribution in [1.82, 2.24) is 5.32 Å². The Balaban J connectivity index is 2.06. The standard InChI is InChI=1S/C15H22BrNO2/c1-15(2)6-4-5-13(15)17-9-10-7-11(16)14(18)12(8-10)19-3/h7-8,13,17-18H,4-6,9H2,1-3H3. The summed E-state index contributed by atoms with van der Waals surface area (Å²) in [6.45, 7) is 5.44. The fraction of sp³-hybridized carbons (Fsp3) is 0.600. The molecule has 0 heterocycles. The molecule has 19 heavy (non-hydrogen) atoms. The summed E-state index contributed by atoms with van der Waals surface area (Å²) in [5.74, 6) is 0.671. The topological polar surface area (TPSA) is 41.5 Å². The predicted molar refractivity (Wildman–Crippen MR) is 80.6 cm³/mol. The van der Waals surface area contributed by atoms with Crippen molar-refractivity contribution in [3.63, 3.8) is 0 Å². The quantitative estimate of drug-likeness (QED) is 0.883. The average molecular weight is 328 g/mol. The van der Waals surface area contributed by atoms with Gasteiger partial charge in [-0.2, -0.15) is 0 Å². The lowest BCUT2D eigenvalue weighted by Crippen LogP contribution is -2.37. The number of hydrogen-bond donors (Lipinski definition) is 2. The molecule has 1 fully saturated rings. The summed E-state index contributed by atoms with van der Waals surface area (Å²) in [6.07, 6.45) is 3.82. The van der Waals surface area contributed by atoms with Crippen LogP contribution in [-0.2, 0) is 6.54 Å². The molecule has 1 unspecified atom stereocenters. The first-order valence-corrected chi connectivity index (χ1v) is 7.52. The number of methoxy groups -OCH3 is 1. The van der Waals surface area contributed by atoms with Gasteiger partial charge in [-0.05, 0) is 51.9 Å². The first-order chi connectivity index (χ1) is 8.94. The van der Waals surface area contributed by atoms with E-state index in [9.17, 15) is 5.11 Å². The monoisotopic (exact) mass is 327 g/mol. The predicted octanol–water partition coefficient (Wildman–Crippen LogP) is 3.83. The van der Waals surface area contributed by atoms with E-state index in [2.05, 4.69) is 35.1 Å². The highest BCUT2D eigenvalue weighted by atomic mass is 79.9. The van der Waals surface area contributed by atoms with Crippen LogP contribution < -0.4 is 10.1 Å². The van der Waals surface area contributed by atoms with Crippen molar-refractivity contribution in [2.24, 2.45) is 5.41 Å². The normalized spacial score (nSPS) is 21.6. The number of halogens is 1. The van der Waals surface area contributed by atoms with Crippen LogP contribution in [0.3, 0.4) is 0 Å². The Kier molecular flexibility index (Phi) is 4.41. The summed E-state index contributed by atoms with van der Waals surface area (Å²) in [4.78, 5) is 0. The molecule has 0 aliphatic heterocycles. The lowest BCUT2D eigenvalue weighted by Gasteiger charge is -2.28. The molecule has 1 aromatic carbocycles. The molecule has 1 saturated carbocycles. The number of phenols is 1. The minimum atomic E-state index is 0.160. The molecule has 3 nitrogen and oxygen atoms in total. The fourth-order valence-electron chi connectivity index (χ4n) is 2.83. The molecule has 0 radical (unpaired) electrons. The van der Waals surface area contributed by atoms with Crippen LogP contribution in [0.15, 0.2) is 16.6 Å². The van der Waals surface area contributed by atoms with Crippen LogP contribution in [0.4, 0.5) is 0 Å². The number of rotatable bonds is 4. The van der Waals surface area contributed by atoms with E-state index in [1.54, 1.807) is 7.11 Å². The molecule has 1 aromatic rings. The lowest BCUT2D eigenvalue weighted by molar-refractivity contribution is 0.282. The van der Waals surface area contributed by atoms with E-state index >= 15 is 0 Å². The fourth-order valence-corrected chi connectivity index (χ4v) is 3.32. The van der Waals surface area contributed by atoms with E-state index in [1.165, 1.54) is 19.3 Å². The first kappa shape index (κ1) is 14.7. The van der Waals surface area contributed by atoms with Gasteiger partial charge in [-0.15, -0.1) is 0 Å². The van der Waals surface area contributed by atoms with E-state index < -0.39 is 0 Å². The number of hydrogen-bond acceptors (Lipinski definition) is 3. The zero-order valence-corrected chi connectivity index (χ0v) is 13.4. The largest absolute Gasteiger partial charge is 0.503 e. The SMILES string of the molecule is COc1cc(CNC2CCCC2(C)C)cc(Br)c1O. The smallest absolute Gasteiger partial charge is 0.172 e. The van der Waals surface area contributed by atoms with Crippen LogP contribution in [0, 0.1) is 5.41 Å². The Labute approximate surface area is 123 Å². The van der Waals surface area contributed by atoms with Gasteiger partial charge in [0.05, 0.1) is 11.6 Å². The van der Waals surface area contributed by atoms with Crippen molar-refractivity contribution in [1.29, 1.82) is 0 Å². The zero-order valence-electron chi connectivity index (χ0n) is 11.8. The van der Waals surface area contributed by atoms with Crippen molar-refractivity contribution < 1.29 is 9.84 Å². The maximum Gasteiger partial charge on any atom is 0.172 e. The summed E-state index contributed by atoms with van der Waals surface area (Å²) in [5.41, 5.74) is 1.49. The molecular formula is C15H22BrNO2. The summed E-state index contributed by atoms with van der Waals surface area (Å²) in [7, 11) is 1.57. The Bertz CT molecular complexity index is 460. The third-order valence-corrected chi connectivity index (χ3v) is 4.72. The van der Waals surface area contributed by atoms with Gasteiger partial charge in [0.1, 0.15) is 0 Å². The minimum absolute atomic E-state index is 0.160. The highest BCUT2D eigenvalue weighted by Gasteiger charge is 2.33.